The SMILES string of the molecule is CCCCC/C=C/CCCC(O)C(O)C(CO)NC(=O)C(O)CCCCCCCCCCC/C=C\CCCCCCCCCCCCCC. The number of rotatable bonds is 38. The van der Waals surface area contributed by atoms with Gasteiger partial charge in [0.2, 0.25) is 5.91 Å². The first-order valence-corrected chi connectivity index (χ1v) is 21.2. The molecule has 0 heterocycles. The smallest absolute Gasteiger partial charge is 0.249 e. The van der Waals surface area contributed by atoms with Crippen molar-refractivity contribution in [2.75, 3.05) is 6.61 Å². The van der Waals surface area contributed by atoms with Crippen LogP contribution in [0.25, 0.3) is 0 Å². The first-order valence-electron chi connectivity index (χ1n) is 21.2. The zero-order valence-corrected chi connectivity index (χ0v) is 32.4. The van der Waals surface area contributed by atoms with Crippen LogP contribution in [0.15, 0.2) is 24.3 Å². The van der Waals surface area contributed by atoms with Gasteiger partial charge in [-0.3, -0.25) is 4.79 Å². The molecule has 1 amide bonds. The molecule has 0 aliphatic heterocycles. The Hall–Kier alpha value is -1.21. The molecule has 290 valence electrons. The molecule has 4 unspecified atom stereocenters. The van der Waals surface area contributed by atoms with E-state index in [2.05, 4.69) is 43.5 Å². The van der Waals surface area contributed by atoms with Crippen molar-refractivity contribution in [1.29, 1.82) is 0 Å². The zero-order chi connectivity index (χ0) is 36.0. The summed E-state index contributed by atoms with van der Waals surface area (Å²) in [6.45, 7) is 3.97. The molecule has 0 aliphatic carbocycles. The molecule has 6 heteroatoms. The highest BCUT2D eigenvalue weighted by Gasteiger charge is 2.28. The highest BCUT2D eigenvalue weighted by atomic mass is 16.3. The Morgan fingerprint density at radius 2 is 0.837 bits per heavy atom. The third-order valence-electron chi connectivity index (χ3n) is 9.88. The minimum atomic E-state index is -1.28. The Labute approximate surface area is 304 Å². The highest BCUT2D eigenvalue weighted by molar-refractivity contribution is 5.80. The van der Waals surface area contributed by atoms with E-state index in [1.165, 1.54) is 148 Å². The summed E-state index contributed by atoms with van der Waals surface area (Å²) in [5.41, 5.74) is 0. The number of unbranched alkanes of at least 4 members (excludes halogenated alkanes) is 25. The molecule has 5 N–H and O–H groups in total. The quantitative estimate of drug-likeness (QED) is 0.0327. The summed E-state index contributed by atoms with van der Waals surface area (Å²) in [7, 11) is 0. The summed E-state index contributed by atoms with van der Waals surface area (Å²) in [6, 6.07) is -0.998. The van der Waals surface area contributed by atoms with Gasteiger partial charge in [0, 0.05) is 0 Å². The third kappa shape index (κ3) is 32.4. The number of nitrogens with one attached hydrogen (secondary N) is 1. The molecular formula is C43H83NO5. The number of hydrogen-bond acceptors (Lipinski definition) is 5. The lowest BCUT2D eigenvalue weighted by Crippen LogP contribution is -2.53. The predicted molar refractivity (Wildman–Crippen MR) is 210 cm³/mol. The van der Waals surface area contributed by atoms with E-state index in [0.29, 0.717) is 19.3 Å². The second-order valence-corrected chi connectivity index (χ2v) is 14.7. The number of amides is 1. The van der Waals surface area contributed by atoms with Crippen LogP contribution < -0.4 is 5.32 Å². The van der Waals surface area contributed by atoms with Gasteiger partial charge in [0.05, 0.1) is 18.8 Å². The average molecular weight is 694 g/mol. The molecule has 0 aromatic rings. The lowest BCUT2D eigenvalue weighted by molar-refractivity contribution is -0.132. The fourth-order valence-corrected chi connectivity index (χ4v) is 6.46. The zero-order valence-electron chi connectivity index (χ0n) is 32.4. The van der Waals surface area contributed by atoms with Crippen molar-refractivity contribution in [3.63, 3.8) is 0 Å². The van der Waals surface area contributed by atoms with Gasteiger partial charge in [-0.05, 0) is 64.2 Å². The Morgan fingerprint density at radius 3 is 1.27 bits per heavy atom. The van der Waals surface area contributed by atoms with E-state index in [4.69, 9.17) is 0 Å². The molecule has 0 spiro atoms. The number of allylic oxidation sites excluding steroid dienone is 4. The Bertz CT molecular complexity index is 742. The first kappa shape index (κ1) is 47.8. The molecule has 49 heavy (non-hydrogen) atoms. The van der Waals surface area contributed by atoms with E-state index < -0.39 is 36.9 Å². The van der Waals surface area contributed by atoms with Crippen molar-refractivity contribution < 1.29 is 25.2 Å². The van der Waals surface area contributed by atoms with Gasteiger partial charge in [-0.2, -0.15) is 0 Å². The van der Waals surface area contributed by atoms with Gasteiger partial charge in [0.15, 0.2) is 0 Å². The number of carbonyl (C=O) groups is 1. The predicted octanol–water partition coefficient (Wildman–Crippen LogP) is 10.8. The topological polar surface area (TPSA) is 110 Å². The highest BCUT2D eigenvalue weighted by Crippen LogP contribution is 2.15. The maximum atomic E-state index is 12.4. The Balaban J connectivity index is 3.65. The summed E-state index contributed by atoms with van der Waals surface area (Å²) >= 11 is 0. The monoisotopic (exact) mass is 694 g/mol. The van der Waals surface area contributed by atoms with Crippen molar-refractivity contribution in [3.05, 3.63) is 24.3 Å². The molecule has 0 radical (unpaired) electrons. The van der Waals surface area contributed by atoms with Gasteiger partial charge >= 0.3 is 0 Å². The van der Waals surface area contributed by atoms with Crippen molar-refractivity contribution in [3.8, 4) is 0 Å². The molecule has 0 rings (SSSR count). The van der Waals surface area contributed by atoms with Gasteiger partial charge in [-0.25, -0.2) is 0 Å². The standard InChI is InChI=1S/C43H83NO5/c1-3-5-7-9-11-13-14-15-16-17-18-19-20-21-22-23-24-25-26-27-28-29-31-33-35-37-41(47)43(49)44-39(38-45)42(48)40(46)36-34-32-30-12-10-8-6-4-2/h12,21-22,30,39-42,45-48H,3-11,13-20,23-29,31-38H2,1-2H3,(H,44,49)/b22-21-,30-12+. The summed E-state index contributed by atoms with van der Waals surface area (Å²) in [5, 5.41) is 43.3. The van der Waals surface area contributed by atoms with E-state index in [1.807, 2.05) is 0 Å². The molecular weight excluding hydrogens is 610 g/mol. The maximum Gasteiger partial charge on any atom is 0.249 e. The van der Waals surface area contributed by atoms with Crippen LogP contribution in [0, 0.1) is 0 Å². The van der Waals surface area contributed by atoms with Gasteiger partial charge in [0.25, 0.3) is 0 Å². The molecule has 6 nitrogen and oxygen atoms in total. The van der Waals surface area contributed by atoms with Crippen LogP contribution in [0.5, 0.6) is 0 Å². The molecule has 0 fully saturated rings. The van der Waals surface area contributed by atoms with Gasteiger partial charge < -0.3 is 25.7 Å². The fourth-order valence-electron chi connectivity index (χ4n) is 6.46. The van der Waals surface area contributed by atoms with Gasteiger partial charge in [-0.1, -0.05) is 173 Å². The maximum absolute atomic E-state index is 12.4. The third-order valence-corrected chi connectivity index (χ3v) is 9.88. The molecule has 4 atom stereocenters. The largest absolute Gasteiger partial charge is 0.394 e. The Kier molecular flexibility index (Phi) is 37.1. The minimum absolute atomic E-state index is 0.361. The lowest BCUT2D eigenvalue weighted by atomic mass is 10.00. The lowest BCUT2D eigenvalue weighted by Gasteiger charge is -2.27. The van der Waals surface area contributed by atoms with Gasteiger partial charge in [0.1, 0.15) is 12.2 Å². The van der Waals surface area contributed by atoms with E-state index in [0.717, 1.165) is 32.1 Å². The molecule has 0 aromatic heterocycles. The number of carbonyl (C=O) groups excluding carboxylic acids is 1. The minimum Gasteiger partial charge on any atom is -0.394 e. The van der Waals surface area contributed by atoms with Crippen LogP contribution in [-0.2, 0) is 4.79 Å². The number of aliphatic hydroxyl groups is 4. The molecule has 0 saturated heterocycles. The summed E-state index contributed by atoms with van der Waals surface area (Å²) in [4.78, 5) is 12.4. The first-order chi connectivity index (χ1) is 24.0. The van der Waals surface area contributed by atoms with Crippen molar-refractivity contribution in [1.82, 2.24) is 5.32 Å². The summed E-state index contributed by atoms with van der Waals surface area (Å²) < 4.78 is 0. The molecule has 0 aromatic carbocycles. The van der Waals surface area contributed by atoms with Crippen LogP contribution in [0.4, 0.5) is 0 Å². The van der Waals surface area contributed by atoms with Crippen molar-refractivity contribution in [2.24, 2.45) is 0 Å². The second kappa shape index (κ2) is 38.0. The number of aliphatic hydroxyl groups excluding tert-OH is 4. The summed E-state index contributed by atoms with van der Waals surface area (Å²) in [5.74, 6) is -0.598. The van der Waals surface area contributed by atoms with Crippen molar-refractivity contribution >= 4 is 5.91 Å². The van der Waals surface area contributed by atoms with E-state index in [9.17, 15) is 25.2 Å². The van der Waals surface area contributed by atoms with Crippen LogP contribution in [0.1, 0.15) is 213 Å². The normalized spacial score (nSPS) is 14.5. The van der Waals surface area contributed by atoms with E-state index in [-0.39, 0.29) is 0 Å². The van der Waals surface area contributed by atoms with Crippen LogP contribution >= 0.6 is 0 Å². The summed E-state index contributed by atoms with van der Waals surface area (Å²) in [6.07, 6.45) is 42.4. The van der Waals surface area contributed by atoms with Crippen LogP contribution in [0.2, 0.25) is 0 Å². The number of hydrogen-bond donors (Lipinski definition) is 5. The average Bonchev–Trinajstić information content (AvgIpc) is 3.11. The Morgan fingerprint density at radius 1 is 0.490 bits per heavy atom. The van der Waals surface area contributed by atoms with E-state index in [1.54, 1.807) is 0 Å². The van der Waals surface area contributed by atoms with Crippen molar-refractivity contribution in [2.45, 2.75) is 237 Å². The van der Waals surface area contributed by atoms with Crippen LogP contribution in [0.3, 0.4) is 0 Å². The fraction of sp³-hybridized carbons (Fsp3) is 0.884. The van der Waals surface area contributed by atoms with E-state index >= 15 is 0 Å². The van der Waals surface area contributed by atoms with Gasteiger partial charge in [-0.15, -0.1) is 0 Å². The molecule has 0 bridgehead atoms. The van der Waals surface area contributed by atoms with Crippen LogP contribution in [-0.4, -0.2) is 57.3 Å². The second-order valence-electron chi connectivity index (χ2n) is 14.7. The molecule has 0 aliphatic rings. The molecule has 0 saturated carbocycles.